The van der Waals surface area contributed by atoms with E-state index in [0.717, 1.165) is 25.0 Å². The van der Waals surface area contributed by atoms with E-state index < -0.39 is 24.3 Å². The highest BCUT2D eigenvalue weighted by Gasteiger charge is 2.42. The Hall–Kier alpha value is -2.65. The van der Waals surface area contributed by atoms with Crippen LogP contribution in [0.5, 0.6) is 0 Å². The minimum absolute atomic E-state index is 0.635. The molecule has 0 radical (unpaired) electrons. The summed E-state index contributed by atoms with van der Waals surface area (Å²) in [6.07, 6.45) is -3.59. The third kappa shape index (κ3) is 9.09. The minimum Gasteiger partial charge on any atom is -0.475 e. The number of hydrogen-bond acceptors (Lipinski definition) is 6. The predicted molar refractivity (Wildman–Crippen MR) is 117 cm³/mol. The minimum atomic E-state index is -5.08. The number of likely N-dealkylation sites (N-methyl/N-ethyl adjacent to an activating group) is 1. The maximum absolute atomic E-state index is 10.6. The average molecular weight is 545 g/mol. The van der Waals surface area contributed by atoms with Gasteiger partial charge in [-0.3, -0.25) is 14.5 Å². The van der Waals surface area contributed by atoms with E-state index in [2.05, 4.69) is 49.7 Å². The predicted octanol–water partition coefficient (Wildman–Crippen LogP) is 3.81. The van der Waals surface area contributed by atoms with Gasteiger partial charge in [0, 0.05) is 37.6 Å². The van der Waals surface area contributed by atoms with Crippen LogP contribution in [0.4, 0.5) is 26.3 Å². The molecule has 0 bridgehead atoms. The fourth-order valence-corrected chi connectivity index (χ4v) is 4.92. The van der Waals surface area contributed by atoms with Crippen LogP contribution >= 0.6 is 11.3 Å². The third-order valence-corrected chi connectivity index (χ3v) is 6.61. The van der Waals surface area contributed by atoms with Gasteiger partial charge in [-0.1, -0.05) is 0 Å². The molecule has 2 saturated heterocycles. The van der Waals surface area contributed by atoms with Gasteiger partial charge in [0.1, 0.15) is 0 Å². The molecule has 0 amide bonds. The number of hydrogen-bond donors (Lipinski definition) is 2. The van der Waals surface area contributed by atoms with Crippen molar-refractivity contribution in [2.75, 3.05) is 20.1 Å². The molecular weight excluding hydrogens is 518 g/mol. The van der Waals surface area contributed by atoms with Crippen LogP contribution < -0.4 is 0 Å². The summed E-state index contributed by atoms with van der Waals surface area (Å²) in [6, 6.07) is 5.68. The second-order valence-corrected chi connectivity index (χ2v) is 9.15. The van der Waals surface area contributed by atoms with Gasteiger partial charge in [-0.25, -0.2) is 9.59 Å². The largest absolute Gasteiger partial charge is 0.490 e. The second kappa shape index (κ2) is 12.5. The van der Waals surface area contributed by atoms with Gasteiger partial charge in [-0.15, -0.1) is 0 Å². The monoisotopic (exact) mass is 544 g/mol. The fraction of sp³-hybridized carbons (Fsp3) is 0.571. The van der Waals surface area contributed by atoms with Gasteiger partial charge in [0.2, 0.25) is 0 Å². The normalized spacial score (nSPS) is 22.6. The van der Waals surface area contributed by atoms with Crippen LogP contribution in [0.3, 0.4) is 0 Å². The lowest BCUT2D eigenvalue weighted by atomic mass is 9.92. The van der Waals surface area contributed by atoms with E-state index >= 15 is 0 Å². The van der Waals surface area contributed by atoms with Crippen molar-refractivity contribution in [1.29, 1.82) is 0 Å². The highest BCUT2D eigenvalue weighted by Crippen LogP contribution is 2.35. The van der Waals surface area contributed by atoms with Crippen molar-refractivity contribution in [2.24, 2.45) is 5.92 Å². The molecular formula is C21H26F6N4O4S. The average Bonchev–Trinajstić information content (AvgIpc) is 3.51. The summed E-state index contributed by atoms with van der Waals surface area (Å²) in [5, 5.41) is 23.1. The quantitative estimate of drug-likeness (QED) is 0.565. The Morgan fingerprint density at radius 3 is 2.22 bits per heavy atom. The van der Waals surface area contributed by atoms with Crippen LogP contribution in [0, 0.1) is 5.92 Å². The number of aromatic nitrogens is 2. The Balaban J connectivity index is 0.000000271. The summed E-state index contributed by atoms with van der Waals surface area (Å²) in [7, 11) is 2.31. The lowest BCUT2D eigenvalue weighted by Gasteiger charge is -2.37. The first-order valence-corrected chi connectivity index (χ1v) is 11.7. The maximum Gasteiger partial charge on any atom is 0.490 e. The number of nitrogens with zero attached hydrogens (tertiary/aromatic N) is 4. The summed E-state index contributed by atoms with van der Waals surface area (Å²) >= 11 is 1.81. The molecule has 8 nitrogen and oxygen atoms in total. The Morgan fingerprint density at radius 2 is 1.75 bits per heavy atom. The van der Waals surface area contributed by atoms with Crippen molar-refractivity contribution in [2.45, 2.75) is 50.4 Å². The van der Waals surface area contributed by atoms with Gasteiger partial charge in [0.05, 0.1) is 6.54 Å². The summed E-state index contributed by atoms with van der Waals surface area (Å²) in [5.41, 5.74) is 1.47. The van der Waals surface area contributed by atoms with Crippen LogP contribution in [0.25, 0.3) is 0 Å². The van der Waals surface area contributed by atoms with E-state index in [9.17, 15) is 26.3 Å². The van der Waals surface area contributed by atoms with Gasteiger partial charge in [-0.05, 0) is 60.8 Å². The topological polar surface area (TPSA) is 98.9 Å². The number of carbonyl (C=O) groups is 2. The maximum atomic E-state index is 10.6. The molecule has 4 rings (SSSR count). The van der Waals surface area contributed by atoms with Crippen molar-refractivity contribution in [3.63, 3.8) is 0 Å². The third-order valence-electron chi connectivity index (χ3n) is 5.88. The highest BCUT2D eigenvalue weighted by atomic mass is 32.1. The number of fused-ring (bicyclic) bond motifs is 1. The van der Waals surface area contributed by atoms with E-state index in [1.165, 1.54) is 31.5 Å². The molecule has 1 unspecified atom stereocenters. The number of alkyl halides is 6. The Kier molecular flexibility index (Phi) is 10.3. The van der Waals surface area contributed by atoms with Gasteiger partial charge >= 0.3 is 24.3 Å². The van der Waals surface area contributed by atoms with Crippen molar-refractivity contribution in [1.82, 2.24) is 19.6 Å². The Labute approximate surface area is 206 Å². The molecule has 2 aromatic rings. The smallest absolute Gasteiger partial charge is 0.475 e. The number of thiophene rings is 1. The van der Waals surface area contributed by atoms with E-state index in [-0.39, 0.29) is 0 Å². The van der Waals surface area contributed by atoms with Crippen molar-refractivity contribution < 1.29 is 46.1 Å². The molecule has 0 saturated carbocycles. The summed E-state index contributed by atoms with van der Waals surface area (Å²) in [6.45, 7) is 4.64. The van der Waals surface area contributed by atoms with Crippen LogP contribution in [-0.2, 0) is 22.7 Å². The molecule has 0 aliphatic carbocycles. The van der Waals surface area contributed by atoms with Gasteiger partial charge in [0.15, 0.2) is 0 Å². The molecule has 202 valence electrons. The van der Waals surface area contributed by atoms with Crippen LogP contribution in [0.1, 0.15) is 18.4 Å². The van der Waals surface area contributed by atoms with E-state index in [0.29, 0.717) is 6.04 Å². The van der Waals surface area contributed by atoms with Crippen molar-refractivity contribution in [3.05, 3.63) is 40.8 Å². The molecule has 2 N–H and O–H groups in total. The molecule has 0 aromatic carbocycles. The zero-order valence-electron chi connectivity index (χ0n) is 19.1. The van der Waals surface area contributed by atoms with Gasteiger partial charge in [0.25, 0.3) is 0 Å². The molecule has 2 aliphatic heterocycles. The Morgan fingerprint density at radius 1 is 1.14 bits per heavy atom. The van der Waals surface area contributed by atoms with Crippen LogP contribution in [-0.4, -0.2) is 86.3 Å². The molecule has 2 aliphatic rings. The van der Waals surface area contributed by atoms with E-state index in [1.54, 1.807) is 11.3 Å². The zero-order chi connectivity index (χ0) is 27.1. The first-order valence-electron chi connectivity index (χ1n) is 10.7. The first kappa shape index (κ1) is 29.6. The molecule has 3 atom stereocenters. The van der Waals surface area contributed by atoms with Gasteiger partial charge < -0.3 is 10.2 Å². The highest BCUT2D eigenvalue weighted by molar-refractivity contribution is 7.07. The Bertz CT molecular complexity index is 927. The zero-order valence-corrected chi connectivity index (χ0v) is 19.9. The van der Waals surface area contributed by atoms with E-state index in [1.807, 2.05) is 12.3 Å². The molecule has 36 heavy (non-hydrogen) atoms. The van der Waals surface area contributed by atoms with Crippen LogP contribution in [0.15, 0.2) is 35.3 Å². The summed E-state index contributed by atoms with van der Waals surface area (Å²) in [4.78, 5) is 23.1. The van der Waals surface area contributed by atoms with E-state index in [4.69, 9.17) is 19.8 Å². The molecule has 4 heterocycles. The van der Waals surface area contributed by atoms with Crippen molar-refractivity contribution >= 4 is 23.3 Å². The SMILES string of the molecule is CN1C(Cn2cccn2)C[C@@H]2CN(Cc3ccsc3)CC[C@@H]21.O=C(O)C(F)(F)F.O=C(O)C(F)(F)F. The number of likely N-dealkylation sites (tertiary alicyclic amines) is 2. The standard InChI is InChI=1S/C17H24N4S.2C2HF3O2/c1-19-16(12-21-6-2-5-18-21)9-15-11-20(7-3-17(15)19)10-14-4-8-22-13-14;2*3-2(4,5)1(6)7/h2,4-6,8,13,15-17H,3,7,9-12H2,1H3;2*(H,6,7)/t15-,16?,17+;;/m1../s1. The number of rotatable bonds is 4. The molecule has 2 aromatic heterocycles. The lowest BCUT2D eigenvalue weighted by molar-refractivity contribution is -0.193. The van der Waals surface area contributed by atoms with Crippen LogP contribution in [0.2, 0.25) is 0 Å². The number of carboxylic acid groups (broad SMARTS) is 2. The second-order valence-electron chi connectivity index (χ2n) is 8.37. The van der Waals surface area contributed by atoms with Crippen molar-refractivity contribution in [3.8, 4) is 0 Å². The number of carboxylic acids is 2. The summed E-state index contributed by atoms with van der Waals surface area (Å²) in [5.74, 6) is -4.70. The number of halogens is 6. The number of piperidine rings is 1. The fourth-order valence-electron chi connectivity index (χ4n) is 4.26. The molecule has 2 fully saturated rings. The van der Waals surface area contributed by atoms with Gasteiger partial charge in [-0.2, -0.15) is 42.8 Å². The summed E-state index contributed by atoms with van der Waals surface area (Å²) < 4.78 is 65.6. The number of aliphatic carboxylic acids is 2. The molecule has 15 heteroatoms. The first-order chi connectivity index (χ1) is 16.7. The lowest BCUT2D eigenvalue weighted by Crippen LogP contribution is -2.45. The molecule has 0 spiro atoms.